The van der Waals surface area contributed by atoms with Crippen LogP contribution in [0.3, 0.4) is 0 Å². The Morgan fingerprint density at radius 3 is 2.52 bits per heavy atom. The van der Waals surface area contributed by atoms with Crippen LogP contribution in [-0.4, -0.2) is 10.9 Å². The van der Waals surface area contributed by atoms with Gasteiger partial charge in [-0.3, -0.25) is 4.79 Å². The molecule has 0 atom stereocenters. The molecule has 1 aliphatic rings. The predicted octanol–water partition coefficient (Wildman–Crippen LogP) is 4.26. The Morgan fingerprint density at radius 2 is 1.81 bits per heavy atom. The fourth-order valence-electron chi connectivity index (χ4n) is 2.26. The van der Waals surface area contributed by atoms with Crippen molar-refractivity contribution in [2.45, 2.75) is 38.5 Å². The molecule has 1 aromatic carbocycles. The molecule has 0 fully saturated rings. The first-order valence-electron chi connectivity index (χ1n) is 7.40. The van der Waals surface area contributed by atoms with E-state index in [-0.39, 0.29) is 0 Å². The molecule has 2 nitrogen and oxygen atoms in total. The van der Waals surface area contributed by atoms with Gasteiger partial charge in [-0.2, -0.15) is 0 Å². The minimum atomic E-state index is 0.296. The van der Waals surface area contributed by atoms with Crippen LogP contribution in [0.15, 0.2) is 59.5 Å². The van der Waals surface area contributed by atoms with Crippen LogP contribution >= 0.6 is 0 Å². The van der Waals surface area contributed by atoms with Gasteiger partial charge < -0.3 is 5.11 Å². The molecule has 1 N–H and O–H groups in total. The summed E-state index contributed by atoms with van der Waals surface area (Å²) in [4.78, 5) is 11.8. The Labute approximate surface area is 125 Å². The molecule has 0 saturated carbocycles. The molecule has 0 unspecified atom stereocenters. The molecule has 1 aliphatic carbocycles. The lowest BCUT2D eigenvalue weighted by Gasteiger charge is -2.03. The number of hydrogen-bond donors (Lipinski definition) is 1. The summed E-state index contributed by atoms with van der Waals surface area (Å²) in [5.74, 6) is 0.623. The quantitative estimate of drug-likeness (QED) is 0.570. The molecular formula is C19H20O2. The summed E-state index contributed by atoms with van der Waals surface area (Å²) in [6.45, 7) is 0. The van der Waals surface area contributed by atoms with Gasteiger partial charge in [0.25, 0.3) is 0 Å². The Balaban J connectivity index is 1.59. The molecule has 0 saturated heterocycles. The van der Waals surface area contributed by atoms with Crippen LogP contribution in [0, 0.1) is 0 Å². The van der Waals surface area contributed by atoms with Gasteiger partial charge in [0, 0.05) is 12.8 Å². The van der Waals surface area contributed by atoms with Crippen molar-refractivity contribution < 1.29 is 9.90 Å². The van der Waals surface area contributed by atoms with Crippen LogP contribution in [0.4, 0.5) is 0 Å². The number of phenolic OH excluding ortho intramolecular Hbond substituents is 1. The fourth-order valence-corrected chi connectivity index (χ4v) is 2.26. The highest BCUT2D eigenvalue weighted by atomic mass is 16.3. The van der Waals surface area contributed by atoms with Gasteiger partial charge in [-0.25, -0.2) is 0 Å². The maximum atomic E-state index is 11.8. The Kier molecular flexibility index (Phi) is 5.84. The van der Waals surface area contributed by atoms with Crippen LogP contribution in [0.25, 0.3) is 0 Å². The average molecular weight is 280 g/mol. The van der Waals surface area contributed by atoms with Crippen LogP contribution < -0.4 is 0 Å². The van der Waals surface area contributed by atoms with Gasteiger partial charge in [0.2, 0.25) is 0 Å². The van der Waals surface area contributed by atoms with E-state index >= 15 is 0 Å². The number of Topliss-reactive ketones (excluding diaryl/α,β-unsaturated/α-hetero) is 1. The molecule has 0 aromatic heterocycles. The van der Waals surface area contributed by atoms with Crippen molar-refractivity contribution >= 4 is 5.78 Å². The van der Waals surface area contributed by atoms with Gasteiger partial charge in [0.05, 0.1) is 0 Å². The molecule has 108 valence electrons. The monoisotopic (exact) mass is 280 g/mol. The van der Waals surface area contributed by atoms with Crippen LogP contribution in [0.5, 0.6) is 5.75 Å². The van der Waals surface area contributed by atoms with E-state index < -0.39 is 0 Å². The van der Waals surface area contributed by atoms with Crippen molar-refractivity contribution in [3.05, 3.63) is 65.1 Å². The highest BCUT2D eigenvalue weighted by Crippen LogP contribution is 2.14. The summed E-state index contributed by atoms with van der Waals surface area (Å²) in [7, 11) is 0. The van der Waals surface area contributed by atoms with Gasteiger partial charge in [-0.05, 0) is 67.2 Å². The number of benzene rings is 1. The summed E-state index contributed by atoms with van der Waals surface area (Å²) < 4.78 is 0. The first kappa shape index (κ1) is 15.1. The van der Waals surface area contributed by atoms with Gasteiger partial charge >= 0.3 is 0 Å². The van der Waals surface area contributed by atoms with Gasteiger partial charge in [0.1, 0.15) is 11.5 Å². The van der Waals surface area contributed by atoms with E-state index in [2.05, 4.69) is 11.5 Å². The third-order valence-corrected chi connectivity index (χ3v) is 3.52. The second kappa shape index (κ2) is 8.11. The largest absolute Gasteiger partial charge is 0.508 e. The topological polar surface area (TPSA) is 37.3 Å². The van der Waals surface area contributed by atoms with Crippen LogP contribution in [0.1, 0.15) is 37.7 Å². The number of allylic oxidation sites excluding steroid dienone is 4. The number of aryl methyl sites for hydroxylation is 1. The number of hydrogen-bond acceptors (Lipinski definition) is 2. The summed E-state index contributed by atoms with van der Waals surface area (Å²) in [5, 5.41) is 9.21. The summed E-state index contributed by atoms with van der Waals surface area (Å²) >= 11 is 0. The smallest absolute Gasteiger partial charge is 0.133 e. The van der Waals surface area contributed by atoms with E-state index in [1.165, 1.54) is 5.56 Å². The number of ketones is 1. The van der Waals surface area contributed by atoms with Crippen molar-refractivity contribution in [3.63, 3.8) is 0 Å². The number of carbonyl (C=O) groups excluding carboxylic acids is 1. The summed E-state index contributed by atoms with van der Waals surface area (Å²) in [5.41, 5.74) is 8.11. The maximum Gasteiger partial charge on any atom is 0.133 e. The first-order valence-corrected chi connectivity index (χ1v) is 7.40. The number of aromatic hydroxyl groups is 1. The lowest BCUT2D eigenvalue weighted by molar-refractivity contribution is -0.119. The molecule has 0 aliphatic heterocycles. The van der Waals surface area contributed by atoms with E-state index in [0.29, 0.717) is 24.4 Å². The molecule has 0 heterocycles. The van der Waals surface area contributed by atoms with E-state index in [1.807, 2.05) is 30.4 Å². The summed E-state index contributed by atoms with van der Waals surface area (Å²) in [6, 6.07) is 7.27. The van der Waals surface area contributed by atoms with E-state index in [4.69, 9.17) is 0 Å². The molecule has 21 heavy (non-hydrogen) atoms. The molecule has 0 amide bonds. The Hall–Kier alpha value is -2.27. The zero-order valence-corrected chi connectivity index (χ0v) is 12.1. The minimum absolute atomic E-state index is 0.296. The zero-order chi connectivity index (χ0) is 14.9. The lowest BCUT2D eigenvalue weighted by Crippen LogP contribution is -1.99. The highest BCUT2D eigenvalue weighted by molar-refractivity contribution is 5.78. The van der Waals surface area contributed by atoms with E-state index in [9.17, 15) is 9.90 Å². The lowest BCUT2D eigenvalue weighted by atomic mass is 10.0. The number of phenols is 1. The number of rotatable bonds is 8. The minimum Gasteiger partial charge on any atom is -0.508 e. The van der Waals surface area contributed by atoms with Crippen molar-refractivity contribution in [3.8, 4) is 5.75 Å². The van der Waals surface area contributed by atoms with Crippen molar-refractivity contribution in [2.75, 3.05) is 0 Å². The number of carbonyl (C=O) groups is 1. The van der Waals surface area contributed by atoms with Crippen molar-refractivity contribution in [2.24, 2.45) is 0 Å². The van der Waals surface area contributed by atoms with Crippen molar-refractivity contribution in [1.29, 1.82) is 0 Å². The molecule has 0 bridgehead atoms. The van der Waals surface area contributed by atoms with Gasteiger partial charge in [0.15, 0.2) is 0 Å². The molecule has 0 spiro atoms. The van der Waals surface area contributed by atoms with E-state index in [1.54, 1.807) is 12.1 Å². The maximum absolute atomic E-state index is 11.8. The summed E-state index contributed by atoms with van der Waals surface area (Å²) in [6.07, 6.45) is 10.6. The third kappa shape index (κ3) is 5.71. The van der Waals surface area contributed by atoms with Crippen LogP contribution in [-0.2, 0) is 11.2 Å². The first-order chi connectivity index (χ1) is 10.2. The van der Waals surface area contributed by atoms with Crippen LogP contribution in [0.2, 0.25) is 0 Å². The highest BCUT2D eigenvalue weighted by Gasteiger charge is 2.04. The number of unbranched alkanes of at least 4 members (excludes halogenated alkanes) is 1. The fraction of sp³-hybridized carbons (Fsp3) is 0.316. The standard InChI is InChI=1S/C19H20O2/c20-18(13-10-16-6-2-1-3-7-16)9-5-4-8-17-11-14-19(21)15-12-17/h2,6-7,11-12,14-15,21H,4-5,8-10,13H2. The van der Waals surface area contributed by atoms with Crippen molar-refractivity contribution in [1.82, 2.24) is 0 Å². The molecule has 0 radical (unpaired) electrons. The Bertz CT molecular complexity index is 607. The second-order valence-corrected chi connectivity index (χ2v) is 5.25. The second-order valence-electron chi connectivity index (χ2n) is 5.25. The zero-order valence-electron chi connectivity index (χ0n) is 12.1. The predicted molar refractivity (Wildman–Crippen MR) is 84.2 cm³/mol. The molecule has 1 aromatic rings. The van der Waals surface area contributed by atoms with Gasteiger partial charge in [-0.15, -0.1) is 0 Å². The van der Waals surface area contributed by atoms with Gasteiger partial charge in [-0.1, -0.05) is 23.6 Å². The third-order valence-electron chi connectivity index (χ3n) is 3.52. The molecular weight excluding hydrogens is 260 g/mol. The SMILES string of the molecule is O=C(CCCCc1ccc(O)cc1)CCC1=CC=C=C=C1. The molecule has 2 rings (SSSR count). The average Bonchev–Trinajstić information content (AvgIpc) is 2.52. The van der Waals surface area contributed by atoms with E-state index in [0.717, 1.165) is 31.3 Å². The molecule has 2 heteroatoms. The normalized spacial score (nSPS) is 12.5. The Morgan fingerprint density at radius 1 is 1.00 bits per heavy atom.